The number of anilines is 4. The summed E-state index contributed by atoms with van der Waals surface area (Å²) in [6.07, 6.45) is 0. The van der Waals surface area contributed by atoms with Crippen LogP contribution in [-0.4, -0.2) is 47.3 Å². The SMILES string of the molecule is CC(C)c1cccc(C(C)C)c1N1C(=O)c2cccc3c(Oc4ccc(Oc5cc6c7c(ccc8c9c(Oc%10ccc(Oc%11ccc%12c%13c(cccc%11%13)C(=O)N(c%11c(C(C)C)cccc%11C(C)C)C%12=O)cc%10)cc%10c%11c(ccc(c5c78)c%119)C(=O)N(c5c(C(C)C)cccc5C(C)C)C%10=O)C(=O)N(c5c(C(C)C)cccc5C(C)C)C6=O)cc4)ccc(c23)C1=O. The van der Waals surface area contributed by atoms with Crippen molar-refractivity contribution >= 4 is 135 Å². The van der Waals surface area contributed by atoms with E-state index in [-0.39, 0.29) is 81.1 Å². The monoisotopic (exact) mass is 1640 g/mol. The fourth-order valence-corrected chi connectivity index (χ4v) is 19.4. The van der Waals surface area contributed by atoms with Crippen LogP contribution in [0, 0.1) is 0 Å². The Kier molecular flexibility index (Phi) is 19.2. The number of rotatable bonds is 20. The van der Waals surface area contributed by atoms with Crippen LogP contribution in [0.2, 0.25) is 0 Å². The zero-order valence-electron chi connectivity index (χ0n) is 72.1. The Morgan fingerprint density at radius 3 is 0.645 bits per heavy atom. The van der Waals surface area contributed by atoms with Crippen LogP contribution >= 0.6 is 0 Å². The number of hydrogen-bond donors (Lipinski definition) is 0. The molecule has 0 aromatic heterocycles. The van der Waals surface area contributed by atoms with E-state index in [0.717, 1.165) is 44.5 Å². The van der Waals surface area contributed by atoms with Gasteiger partial charge in [0, 0.05) is 87.2 Å². The highest BCUT2D eigenvalue weighted by molar-refractivity contribution is 6.47. The van der Waals surface area contributed by atoms with E-state index in [1.54, 1.807) is 121 Å². The van der Waals surface area contributed by atoms with Gasteiger partial charge in [-0.25, -0.2) is 19.6 Å². The van der Waals surface area contributed by atoms with Gasteiger partial charge in [0.2, 0.25) is 0 Å². The molecule has 0 fully saturated rings. The third-order valence-corrected chi connectivity index (χ3v) is 25.3. The zero-order valence-corrected chi connectivity index (χ0v) is 72.1. The lowest BCUT2D eigenvalue weighted by Gasteiger charge is -2.34. The molecule has 616 valence electrons. The number of hydrogen-bond acceptors (Lipinski definition) is 12. The van der Waals surface area contributed by atoms with Crippen LogP contribution in [0.1, 0.15) is 285 Å². The molecule has 0 N–H and O–H groups in total. The number of para-hydroxylation sites is 4. The molecule has 4 aliphatic rings. The summed E-state index contributed by atoms with van der Waals surface area (Å²) in [5.41, 5.74) is 11.5. The van der Waals surface area contributed by atoms with Crippen molar-refractivity contribution in [2.45, 2.75) is 158 Å². The largest absolute Gasteiger partial charge is 0.457 e. The lowest BCUT2D eigenvalue weighted by molar-refractivity contribution is 0.0877. The Balaban J connectivity index is 0.758. The Labute approximate surface area is 718 Å². The van der Waals surface area contributed by atoms with Gasteiger partial charge >= 0.3 is 0 Å². The maximum absolute atomic E-state index is 16.3. The molecule has 15 aromatic carbocycles. The molecule has 0 spiro atoms. The first-order chi connectivity index (χ1) is 59.5. The zero-order chi connectivity index (χ0) is 86.9. The predicted octanol–water partition coefficient (Wildman–Crippen LogP) is 27.4. The normalized spacial score (nSPS) is 14.1. The first kappa shape index (κ1) is 79.7. The summed E-state index contributed by atoms with van der Waals surface area (Å²) in [6.45, 7) is 32.8. The average Bonchev–Trinajstić information content (AvgIpc) is 0.676. The van der Waals surface area contributed by atoms with E-state index < -0.39 is 47.3 Å². The van der Waals surface area contributed by atoms with Gasteiger partial charge in [-0.3, -0.25) is 38.4 Å². The molecule has 8 amide bonds. The molecule has 19 rings (SSSR count). The third-order valence-electron chi connectivity index (χ3n) is 25.3. The number of amides is 8. The summed E-state index contributed by atoms with van der Waals surface area (Å²) in [4.78, 5) is 130. The topological polar surface area (TPSA) is 186 Å². The minimum absolute atomic E-state index is 0.0225. The van der Waals surface area contributed by atoms with Crippen LogP contribution in [0.3, 0.4) is 0 Å². The summed E-state index contributed by atoms with van der Waals surface area (Å²) in [5, 5.41) is 5.85. The molecule has 124 heavy (non-hydrogen) atoms. The maximum atomic E-state index is 16.3. The number of carbonyl (C=O) groups excluding carboxylic acids is 8. The Hall–Kier alpha value is -14.1. The minimum atomic E-state index is -0.569. The van der Waals surface area contributed by atoms with Crippen LogP contribution in [-0.2, 0) is 0 Å². The summed E-state index contributed by atoms with van der Waals surface area (Å²) in [7, 11) is 0. The smallest absolute Gasteiger partial charge is 0.266 e. The summed E-state index contributed by atoms with van der Waals surface area (Å²) >= 11 is 0. The number of imide groups is 4. The van der Waals surface area contributed by atoms with Crippen molar-refractivity contribution in [1.82, 2.24) is 0 Å². The molecule has 0 radical (unpaired) electrons. The van der Waals surface area contributed by atoms with E-state index in [9.17, 15) is 19.2 Å². The van der Waals surface area contributed by atoms with Crippen LogP contribution in [0.4, 0.5) is 22.7 Å². The number of carbonyl (C=O) groups is 8. The van der Waals surface area contributed by atoms with E-state index in [4.69, 9.17) is 18.9 Å². The van der Waals surface area contributed by atoms with Crippen molar-refractivity contribution in [2.75, 3.05) is 19.6 Å². The Bertz CT molecular complexity index is 6630. The first-order valence-electron chi connectivity index (χ1n) is 42.9. The van der Waals surface area contributed by atoms with Crippen molar-refractivity contribution in [1.29, 1.82) is 0 Å². The van der Waals surface area contributed by atoms with E-state index >= 15 is 19.2 Å². The molecule has 16 nitrogen and oxygen atoms in total. The van der Waals surface area contributed by atoms with Gasteiger partial charge in [-0.15, -0.1) is 0 Å². The van der Waals surface area contributed by atoms with Gasteiger partial charge < -0.3 is 18.9 Å². The fourth-order valence-electron chi connectivity index (χ4n) is 19.4. The van der Waals surface area contributed by atoms with E-state index in [1.165, 1.54) is 19.6 Å². The Morgan fingerprint density at radius 2 is 0.395 bits per heavy atom. The third kappa shape index (κ3) is 12.2. The molecule has 0 bridgehead atoms. The van der Waals surface area contributed by atoms with Crippen molar-refractivity contribution < 1.29 is 57.3 Å². The number of ether oxygens (including phenoxy) is 4. The second-order valence-electron chi connectivity index (χ2n) is 35.6. The van der Waals surface area contributed by atoms with Gasteiger partial charge in [-0.05, 0) is 212 Å². The molecule has 16 heteroatoms. The minimum Gasteiger partial charge on any atom is -0.457 e. The molecule has 0 saturated carbocycles. The number of fused-ring (bicyclic) bond motifs is 2. The van der Waals surface area contributed by atoms with Crippen molar-refractivity contribution in [2.24, 2.45) is 0 Å². The van der Waals surface area contributed by atoms with Gasteiger partial charge in [0.15, 0.2) is 0 Å². The summed E-state index contributed by atoms with van der Waals surface area (Å²) in [6, 6.07) is 66.0. The Morgan fingerprint density at radius 1 is 0.185 bits per heavy atom. The van der Waals surface area contributed by atoms with Crippen molar-refractivity contribution in [3.63, 3.8) is 0 Å². The second-order valence-corrected chi connectivity index (χ2v) is 35.6. The molecular formula is C108H92N4O12. The number of benzene rings is 15. The summed E-state index contributed by atoms with van der Waals surface area (Å²) in [5.74, 6) is -1.46. The lowest BCUT2D eigenvalue weighted by atomic mass is 9.80. The van der Waals surface area contributed by atoms with Gasteiger partial charge in [-0.2, -0.15) is 0 Å². The summed E-state index contributed by atoms with van der Waals surface area (Å²) < 4.78 is 28.1. The van der Waals surface area contributed by atoms with Crippen LogP contribution in [0.5, 0.6) is 46.0 Å². The fraction of sp³-hybridized carbons (Fsp3) is 0.222. The van der Waals surface area contributed by atoms with E-state index in [1.807, 2.05) is 152 Å². The molecule has 0 aliphatic carbocycles. The molecule has 0 saturated heterocycles. The van der Waals surface area contributed by atoms with Crippen LogP contribution in [0.25, 0.3) is 64.6 Å². The van der Waals surface area contributed by atoms with Crippen LogP contribution < -0.4 is 38.5 Å². The molecule has 0 unspecified atom stereocenters. The molecule has 4 heterocycles. The first-order valence-corrected chi connectivity index (χ1v) is 42.9. The average molecular weight is 1640 g/mol. The van der Waals surface area contributed by atoms with Gasteiger partial charge in [-0.1, -0.05) is 220 Å². The molecule has 4 aliphatic heterocycles. The van der Waals surface area contributed by atoms with Crippen molar-refractivity contribution in [3.8, 4) is 46.0 Å². The second kappa shape index (κ2) is 29.9. The highest BCUT2D eigenvalue weighted by atomic mass is 16.5. The molecule has 15 aromatic rings. The van der Waals surface area contributed by atoms with E-state index in [0.29, 0.717) is 144 Å². The molecular weight excluding hydrogens is 1550 g/mol. The van der Waals surface area contributed by atoms with E-state index in [2.05, 4.69) is 55.4 Å². The van der Waals surface area contributed by atoms with Gasteiger partial charge in [0.05, 0.1) is 33.9 Å². The standard InChI is InChI=1S/C108H92N4O12/c1-53(2)65-23-17-24-66(54(3)4)97(65)109-101(113)77-33-21-31-73-85(49-47-79(89(73)77)103(109)115)121-61-35-39-63(40-36-61)123-87-51-83-91-81(105(117)111(107(83)119)99-69(57(9)10)27-19-28-70(99)58(11)12)46-44-76-94-88(52-84-92-82(45-43-75(96(92)94)93(87)95(76)91)106(118)112(108(84)120)100-71(59(13)14)29-20-30-72(100)60(15)16)124-64-41-37-62(38-42-64)122-86-50-48-80-90-74(86)32-22-34-78(90)102(114)110(104(80)116)98-67(55(5)6)25-18-26-68(98)56(7)8/h17-60H,1-16H3. The van der Waals surface area contributed by atoms with Gasteiger partial charge in [0.1, 0.15) is 46.0 Å². The highest BCUT2D eigenvalue weighted by Crippen LogP contribution is 2.56. The van der Waals surface area contributed by atoms with Crippen molar-refractivity contribution in [3.05, 3.63) is 307 Å². The number of nitrogens with zero attached hydrogens (tertiary/aromatic N) is 4. The molecule has 0 atom stereocenters. The van der Waals surface area contributed by atoms with Crippen LogP contribution in [0.15, 0.2) is 218 Å². The lowest BCUT2D eigenvalue weighted by Crippen LogP contribution is -2.42. The highest BCUT2D eigenvalue weighted by Gasteiger charge is 2.45. The van der Waals surface area contributed by atoms with Gasteiger partial charge in [0.25, 0.3) is 47.3 Å². The predicted molar refractivity (Wildman–Crippen MR) is 492 cm³/mol. The maximum Gasteiger partial charge on any atom is 0.266 e. The quantitative estimate of drug-likeness (QED) is 0.0400.